The van der Waals surface area contributed by atoms with Crippen molar-refractivity contribution in [2.24, 2.45) is 0 Å². The van der Waals surface area contributed by atoms with Crippen molar-refractivity contribution >= 4 is 32.5 Å². The Morgan fingerprint density at radius 3 is 2.09 bits per heavy atom. The van der Waals surface area contributed by atoms with Gasteiger partial charge in [-0.3, -0.25) is 9.59 Å². The first-order valence-corrected chi connectivity index (χ1v) is 11.2. The van der Waals surface area contributed by atoms with Crippen LogP contribution in [-0.2, 0) is 19.6 Å². The number of carbonyl (C=O) groups excluding carboxylic acids is 2. The highest BCUT2D eigenvalue weighted by Crippen LogP contribution is 2.38. The van der Waals surface area contributed by atoms with Crippen molar-refractivity contribution in [1.82, 2.24) is 4.72 Å². The molecule has 0 radical (unpaired) electrons. The van der Waals surface area contributed by atoms with Crippen LogP contribution in [0.5, 0.6) is 17.2 Å². The molecule has 3 rings (SSSR count). The first kappa shape index (κ1) is 24.0. The summed E-state index contributed by atoms with van der Waals surface area (Å²) < 4.78 is 47.8. The number of ketones is 1. The Kier molecular flexibility index (Phi) is 7.52. The molecule has 0 spiro atoms. The fourth-order valence-corrected chi connectivity index (χ4v) is 4.10. The Balaban J connectivity index is 1.61. The van der Waals surface area contributed by atoms with Crippen LogP contribution in [0, 0.1) is 0 Å². The van der Waals surface area contributed by atoms with Crippen molar-refractivity contribution in [3.63, 3.8) is 0 Å². The zero-order valence-electron chi connectivity index (χ0n) is 18.3. The Labute approximate surface area is 191 Å². The Morgan fingerprint density at radius 1 is 0.848 bits per heavy atom. The van der Waals surface area contributed by atoms with Crippen LogP contribution in [0.15, 0.2) is 59.5 Å². The van der Waals surface area contributed by atoms with Crippen LogP contribution in [0.25, 0.3) is 10.8 Å². The predicted molar refractivity (Wildman–Crippen MR) is 121 cm³/mol. The molecule has 3 aromatic rings. The number of rotatable bonds is 10. The van der Waals surface area contributed by atoms with Crippen molar-refractivity contribution in [1.29, 1.82) is 0 Å². The standard InChI is InChI=1S/C23H23NO8S/c1-29-20-11-17(12-21(30-2)23(20)31-3)19(25)14-32-22(26)13-24-33(27,28)18-9-8-15-6-4-5-7-16(15)10-18/h4-12,24H,13-14H2,1-3H3. The minimum absolute atomic E-state index is 0.0162. The van der Waals surface area contributed by atoms with E-state index in [1.54, 1.807) is 18.2 Å². The van der Waals surface area contributed by atoms with Crippen molar-refractivity contribution < 1.29 is 37.0 Å². The summed E-state index contributed by atoms with van der Waals surface area (Å²) in [7, 11) is 0.307. The van der Waals surface area contributed by atoms with Gasteiger partial charge in [-0.25, -0.2) is 8.42 Å². The molecule has 0 atom stereocenters. The number of fused-ring (bicyclic) bond motifs is 1. The number of esters is 1. The minimum Gasteiger partial charge on any atom is -0.493 e. The van der Waals surface area contributed by atoms with Crippen LogP contribution in [0.4, 0.5) is 0 Å². The van der Waals surface area contributed by atoms with Gasteiger partial charge in [0.25, 0.3) is 0 Å². The number of carbonyl (C=O) groups is 2. The summed E-state index contributed by atoms with van der Waals surface area (Å²) in [5.41, 5.74) is 0.175. The molecule has 0 aliphatic carbocycles. The fraction of sp³-hybridized carbons (Fsp3) is 0.217. The lowest BCUT2D eigenvalue weighted by atomic mass is 10.1. The lowest BCUT2D eigenvalue weighted by Crippen LogP contribution is -2.31. The number of benzene rings is 3. The zero-order valence-corrected chi connectivity index (χ0v) is 19.1. The fourth-order valence-electron chi connectivity index (χ4n) is 3.09. The molecule has 10 heteroatoms. The molecule has 0 bridgehead atoms. The maximum absolute atomic E-state index is 12.5. The van der Waals surface area contributed by atoms with E-state index in [0.29, 0.717) is 5.75 Å². The van der Waals surface area contributed by atoms with Crippen LogP contribution in [0.1, 0.15) is 10.4 Å². The molecule has 0 aromatic heterocycles. The summed E-state index contributed by atoms with van der Waals surface area (Å²) in [6.45, 7) is -1.22. The highest BCUT2D eigenvalue weighted by Gasteiger charge is 2.20. The third-order valence-corrected chi connectivity index (χ3v) is 6.19. The number of hydrogen-bond donors (Lipinski definition) is 1. The van der Waals surface area contributed by atoms with Gasteiger partial charge in [-0.2, -0.15) is 4.72 Å². The average Bonchev–Trinajstić information content (AvgIpc) is 2.84. The molecule has 1 N–H and O–H groups in total. The highest BCUT2D eigenvalue weighted by molar-refractivity contribution is 7.89. The van der Waals surface area contributed by atoms with Gasteiger partial charge in [-0.05, 0) is 35.0 Å². The van der Waals surface area contributed by atoms with Gasteiger partial charge in [-0.1, -0.05) is 30.3 Å². The van der Waals surface area contributed by atoms with Gasteiger partial charge in [0.2, 0.25) is 21.6 Å². The molecule has 174 valence electrons. The molecular weight excluding hydrogens is 450 g/mol. The zero-order chi connectivity index (χ0) is 24.0. The SMILES string of the molecule is COc1cc(C(=O)COC(=O)CNS(=O)(=O)c2ccc3ccccc3c2)cc(OC)c1OC. The van der Waals surface area contributed by atoms with Crippen molar-refractivity contribution in [3.8, 4) is 17.2 Å². The van der Waals surface area contributed by atoms with E-state index in [2.05, 4.69) is 4.72 Å². The second-order valence-corrected chi connectivity index (χ2v) is 8.60. The summed E-state index contributed by atoms with van der Waals surface area (Å²) in [6.07, 6.45) is 0. The van der Waals surface area contributed by atoms with Gasteiger partial charge in [0.05, 0.1) is 26.2 Å². The predicted octanol–water partition coefficient (Wildman–Crippen LogP) is 2.57. The second-order valence-electron chi connectivity index (χ2n) is 6.83. The van der Waals surface area contributed by atoms with Gasteiger partial charge in [0, 0.05) is 5.56 Å². The Bertz CT molecular complexity index is 1260. The number of sulfonamides is 1. The molecule has 0 saturated carbocycles. The molecule has 0 amide bonds. The van der Waals surface area contributed by atoms with E-state index in [9.17, 15) is 18.0 Å². The van der Waals surface area contributed by atoms with Crippen LogP contribution in [0.2, 0.25) is 0 Å². The van der Waals surface area contributed by atoms with E-state index in [1.807, 2.05) is 12.1 Å². The maximum atomic E-state index is 12.5. The first-order chi connectivity index (χ1) is 15.8. The number of nitrogens with one attached hydrogen (secondary N) is 1. The number of Topliss-reactive ketones (excluding diaryl/α,β-unsaturated/α-hetero) is 1. The van der Waals surface area contributed by atoms with Gasteiger partial charge < -0.3 is 18.9 Å². The maximum Gasteiger partial charge on any atom is 0.321 e. The summed E-state index contributed by atoms with van der Waals surface area (Å²) >= 11 is 0. The second kappa shape index (κ2) is 10.3. The van der Waals surface area contributed by atoms with E-state index < -0.39 is 34.9 Å². The number of hydrogen-bond acceptors (Lipinski definition) is 8. The number of methoxy groups -OCH3 is 3. The molecular formula is C23H23NO8S. The molecule has 33 heavy (non-hydrogen) atoms. The Hall–Kier alpha value is -3.63. The van der Waals surface area contributed by atoms with Gasteiger partial charge in [0.1, 0.15) is 6.54 Å². The summed E-state index contributed by atoms with van der Waals surface area (Å²) in [5, 5.41) is 1.64. The van der Waals surface area contributed by atoms with Gasteiger partial charge in [-0.15, -0.1) is 0 Å². The molecule has 0 aliphatic rings. The summed E-state index contributed by atoms with van der Waals surface area (Å²) in [6, 6.07) is 14.8. The third kappa shape index (κ3) is 5.60. The quantitative estimate of drug-likeness (QED) is 0.353. The van der Waals surface area contributed by atoms with Crippen LogP contribution < -0.4 is 18.9 Å². The van der Waals surface area contributed by atoms with Crippen LogP contribution >= 0.6 is 0 Å². The molecule has 3 aromatic carbocycles. The summed E-state index contributed by atoms with van der Waals surface area (Å²) in [5.74, 6) is -0.568. The molecule has 0 unspecified atom stereocenters. The highest BCUT2D eigenvalue weighted by atomic mass is 32.2. The van der Waals surface area contributed by atoms with Crippen molar-refractivity contribution in [2.45, 2.75) is 4.90 Å². The molecule has 0 heterocycles. The van der Waals surface area contributed by atoms with E-state index in [0.717, 1.165) is 10.8 Å². The van der Waals surface area contributed by atoms with Gasteiger partial charge >= 0.3 is 5.97 Å². The van der Waals surface area contributed by atoms with E-state index in [-0.39, 0.29) is 22.0 Å². The third-order valence-electron chi connectivity index (χ3n) is 4.79. The lowest BCUT2D eigenvalue weighted by Gasteiger charge is -2.13. The van der Waals surface area contributed by atoms with E-state index >= 15 is 0 Å². The molecule has 0 fully saturated rings. The largest absolute Gasteiger partial charge is 0.493 e. The minimum atomic E-state index is -3.95. The molecule has 9 nitrogen and oxygen atoms in total. The number of ether oxygens (including phenoxy) is 4. The monoisotopic (exact) mass is 473 g/mol. The molecule has 0 aliphatic heterocycles. The van der Waals surface area contributed by atoms with E-state index in [1.165, 1.54) is 45.6 Å². The first-order valence-electron chi connectivity index (χ1n) is 9.76. The lowest BCUT2D eigenvalue weighted by molar-refractivity contribution is -0.141. The van der Waals surface area contributed by atoms with E-state index in [4.69, 9.17) is 18.9 Å². The smallest absolute Gasteiger partial charge is 0.321 e. The Morgan fingerprint density at radius 2 is 1.48 bits per heavy atom. The average molecular weight is 474 g/mol. The molecule has 0 saturated heterocycles. The van der Waals surface area contributed by atoms with Crippen molar-refractivity contribution in [3.05, 3.63) is 60.2 Å². The van der Waals surface area contributed by atoms with Gasteiger partial charge in [0.15, 0.2) is 18.1 Å². The van der Waals surface area contributed by atoms with Crippen LogP contribution in [0.3, 0.4) is 0 Å². The topological polar surface area (TPSA) is 117 Å². The normalized spacial score (nSPS) is 11.1. The summed E-state index contributed by atoms with van der Waals surface area (Å²) in [4.78, 5) is 24.5. The van der Waals surface area contributed by atoms with Crippen molar-refractivity contribution in [2.75, 3.05) is 34.5 Å². The van der Waals surface area contributed by atoms with Crippen LogP contribution in [-0.4, -0.2) is 54.7 Å².